The number of likely N-dealkylation sites (N-methyl/N-ethyl adjacent to an activating group) is 1. The molecule has 3 rings (SSSR count). The van der Waals surface area contributed by atoms with Gasteiger partial charge in [0.15, 0.2) is 0 Å². The largest absolute Gasteiger partial charge is 0.396 e. The molecule has 1 aromatic rings. The lowest BCUT2D eigenvalue weighted by Crippen LogP contribution is -2.46. The number of rotatable bonds is 6. The fraction of sp³-hybridized carbons (Fsp3) is 0.632. The van der Waals surface area contributed by atoms with E-state index in [0.29, 0.717) is 5.92 Å². The molecule has 1 aromatic carbocycles. The van der Waals surface area contributed by atoms with E-state index < -0.39 is 0 Å². The predicted octanol–water partition coefficient (Wildman–Crippen LogP) is 2.91. The Kier molecular flexibility index (Phi) is 4.90. The number of hydrogen-bond acceptors (Lipinski definition) is 2. The topological polar surface area (TPSA) is 52.6 Å². The second-order valence-electron chi connectivity index (χ2n) is 7.26. The van der Waals surface area contributed by atoms with Crippen molar-refractivity contribution in [1.29, 1.82) is 0 Å². The molecule has 0 unspecified atom stereocenters. The van der Waals surface area contributed by atoms with Crippen LogP contribution in [0.5, 0.6) is 0 Å². The van der Waals surface area contributed by atoms with Crippen LogP contribution >= 0.6 is 0 Å². The first-order chi connectivity index (χ1) is 11.1. The lowest BCUT2D eigenvalue weighted by atomic mass is 9.95. The van der Waals surface area contributed by atoms with E-state index in [-0.39, 0.29) is 24.1 Å². The van der Waals surface area contributed by atoms with Crippen LogP contribution < -0.4 is 5.32 Å². The minimum Gasteiger partial charge on any atom is -0.396 e. The van der Waals surface area contributed by atoms with Gasteiger partial charge in [0.05, 0.1) is 0 Å². The van der Waals surface area contributed by atoms with E-state index >= 15 is 0 Å². The van der Waals surface area contributed by atoms with Gasteiger partial charge in [-0.3, -0.25) is 0 Å². The molecule has 0 aliphatic heterocycles. The Bertz CT molecular complexity index is 527. The van der Waals surface area contributed by atoms with Gasteiger partial charge in [0.25, 0.3) is 0 Å². The molecule has 2 amide bonds. The van der Waals surface area contributed by atoms with Crippen molar-refractivity contribution in [3.8, 4) is 0 Å². The van der Waals surface area contributed by atoms with Crippen LogP contribution in [-0.2, 0) is 5.41 Å². The van der Waals surface area contributed by atoms with Crippen LogP contribution in [0.3, 0.4) is 0 Å². The summed E-state index contributed by atoms with van der Waals surface area (Å²) in [6.07, 6.45) is 6.41. The van der Waals surface area contributed by atoms with E-state index in [0.717, 1.165) is 45.1 Å². The summed E-state index contributed by atoms with van der Waals surface area (Å²) in [5.41, 5.74) is 1.51. The van der Waals surface area contributed by atoms with Gasteiger partial charge in [0.2, 0.25) is 0 Å². The summed E-state index contributed by atoms with van der Waals surface area (Å²) in [4.78, 5) is 14.4. The SMILES string of the molecule is CN(CC1(c2ccccc2)CC1)C(=O)N[C@@H]1CCC[C@H]1CCO. The van der Waals surface area contributed by atoms with E-state index in [1.807, 2.05) is 18.0 Å². The minimum absolute atomic E-state index is 0.0297. The number of nitrogens with zero attached hydrogens (tertiary/aromatic N) is 1. The summed E-state index contributed by atoms with van der Waals surface area (Å²) in [5, 5.41) is 12.3. The Morgan fingerprint density at radius 1 is 1.30 bits per heavy atom. The van der Waals surface area contributed by atoms with Crippen LogP contribution in [0.25, 0.3) is 0 Å². The number of carbonyl (C=O) groups is 1. The average Bonchev–Trinajstić information content (AvgIpc) is 3.22. The zero-order valence-electron chi connectivity index (χ0n) is 14.0. The number of carbonyl (C=O) groups excluding carboxylic acids is 1. The second kappa shape index (κ2) is 6.91. The predicted molar refractivity (Wildman–Crippen MR) is 91.3 cm³/mol. The van der Waals surface area contributed by atoms with Gasteiger partial charge in [-0.1, -0.05) is 36.8 Å². The molecule has 2 aliphatic carbocycles. The van der Waals surface area contributed by atoms with Gasteiger partial charge in [0.1, 0.15) is 0 Å². The van der Waals surface area contributed by atoms with E-state index in [1.54, 1.807) is 0 Å². The van der Waals surface area contributed by atoms with Gasteiger partial charge < -0.3 is 15.3 Å². The fourth-order valence-electron chi connectivity index (χ4n) is 4.01. The van der Waals surface area contributed by atoms with Crippen molar-refractivity contribution in [2.45, 2.75) is 50.0 Å². The number of nitrogens with one attached hydrogen (secondary N) is 1. The van der Waals surface area contributed by atoms with Crippen molar-refractivity contribution in [3.05, 3.63) is 35.9 Å². The summed E-state index contributed by atoms with van der Waals surface area (Å²) in [6.45, 7) is 0.990. The van der Waals surface area contributed by atoms with E-state index in [1.165, 1.54) is 5.56 Å². The molecular weight excluding hydrogens is 288 g/mol. The Labute approximate surface area is 138 Å². The number of aliphatic hydroxyl groups excluding tert-OH is 1. The lowest BCUT2D eigenvalue weighted by Gasteiger charge is -2.28. The summed E-state index contributed by atoms with van der Waals surface area (Å²) < 4.78 is 0. The zero-order valence-corrected chi connectivity index (χ0v) is 14.0. The number of hydrogen-bond donors (Lipinski definition) is 2. The lowest BCUT2D eigenvalue weighted by molar-refractivity contribution is 0.191. The second-order valence-corrected chi connectivity index (χ2v) is 7.26. The maximum absolute atomic E-state index is 12.5. The quantitative estimate of drug-likeness (QED) is 0.848. The fourth-order valence-corrected chi connectivity index (χ4v) is 4.01. The molecule has 2 atom stereocenters. The summed E-state index contributed by atoms with van der Waals surface area (Å²) in [7, 11) is 1.90. The molecule has 4 nitrogen and oxygen atoms in total. The third-order valence-electron chi connectivity index (χ3n) is 5.59. The van der Waals surface area contributed by atoms with Crippen molar-refractivity contribution >= 4 is 6.03 Å². The average molecular weight is 316 g/mol. The molecule has 0 saturated heterocycles. The molecule has 0 heterocycles. The van der Waals surface area contributed by atoms with Gasteiger partial charge in [-0.05, 0) is 43.6 Å². The van der Waals surface area contributed by atoms with Gasteiger partial charge in [-0.25, -0.2) is 4.79 Å². The molecule has 2 saturated carbocycles. The Morgan fingerprint density at radius 3 is 2.70 bits per heavy atom. The third kappa shape index (κ3) is 3.69. The van der Waals surface area contributed by atoms with Crippen LogP contribution in [0, 0.1) is 5.92 Å². The first kappa shape index (κ1) is 16.3. The molecule has 0 aromatic heterocycles. The van der Waals surface area contributed by atoms with Crippen molar-refractivity contribution in [2.24, 2.45) is 5.92 Å². The van der Waals surface area contributed by atoms with Crippen molar-refractivity contribution in [2.75, 3.05) is 20.2 Å². The van der Waals surface area contributed by atoms with Crippen molar-refractivity contribution in [3.63, 3.8) is 0 Å². The highest BCUT2D eigenvalue weighted by Crippen LogP contribution is 2.48. The standard InChI is InChI=1S/C19H28N2O2/c1-21(14-19(11-12-19)16-7-3-2-4-8-16)18(23)20-17-9-5-6-15(17)10-13-22/h2-4,7-8,15,17,22H,5-6,9-14H2,1H3,(H,20,23)/t15-,17+/m0/s1. The Hall–Kier alpha value is -1.55. The first-order valence-corrected chi connectivity index (χ1v) is 8.83. The molecule has 0 bridgehead atoms. The summed E-state index contributed by atoms with van der Waals surface area (Å²) in [6, 6.07) is 10.8. The van der Waals surface area contributed by atoms with Gasteiger partial charge in [-0.2, -0.15) is 0 Å². The smallest absolute Gasteiger partial charge is 0.317 e. The highest BCUT2D eigenvalue weighted by molar-refractivity contribution is 5.74. The molecule has 4 heteroatoms. The Morgan fingerprint density at radius 2 is 2.04 bits per heavy atom. The first-order valence-electron chi connectivity index (χ1n) is 8.83. The molecule has 2 fully saturated rings. The maximum atomic E-state index is 12.5. The molecule has 2 N–H and O–H groups in total. The summed E-state index contributed by atoms with van der Waals surface area (Å²) >= 11 is 0. The molecule has 126 valence electrons. The van der Waals surface area contributed by atoms with Crippen LogP contribution in [0.4, 0.5) is 4.79 Å². The summed E-state index contributed by atoms with van der Waals surface area (Å²) in [5.74, 6) is 0.432. The van der Waals surface area contributed by atoms with Crippen molar-refractivity contribution in [1.82, 2.24) is 10.2 Å². The highest BCUT2D eigenvalue weighted by atomic mass is 16.3. The number of benzene rings is 1. The van der Waals surface area contributed by atoms with Gasteiger partial charge >= 0.3 is 6.03 Å². The van der Waals surface area contributed by atoms with Crippen LogP contribution in [0.15, 0.2) is 30.3 Å². The van der Waals surface area contributed by atoms with E-state index in [4.69, 9.17) is 5.11 Å². The van der Waals surface area contributed by atoms with Crippen LogP contribution in [0.2, 0.25) is 0 Å². The molecule has 23 heavy (non-hydrogen) atoms. The minimum atomic E-state index is 0.0297. The highest BCUT2D eigenvalue weighted by Gasteiger charge is 2.45. The molecule has 0 radical (unpaired) electrons. The normalized spacial score (nSPS) is 25.1. The number of amides is 2. The van der Waals surface area contributed by atoms with Gasteiger partial charge in [0, 0.05) is 31.7 Å². The van der Waals surface area contributed by atoms with E-state index in [9.17, 15) is 4.79 Å². The zero-order chi connectivity index (χ0) is 16.3. The monoisotopic (exact) mass is 316 g/mol. The Balaban J connectivity index is 1.56. The third-order valence-corrected chi connectivity index (χ3v) is 5.59. The van der Waals surface area contributed by atoms with Crippen LogP contribution in [-0.4, -0.2) is 42.3 Å². The molecule has 2 aliphatic rings. The van der Waals surface area contributed by atoms with Crippen molar-refractivity contribution < 1.29 is 9.90 Å². The molecule has 0 spiro atoms. The molecular formula is C19H28N2O2. The van der Waals surface area contributed by atoms with Crippen LogP contribution in [0.1, 0.15) is 44.1 Å². The number of urea groups is 1. The van der Waals surface area contributed by atoms with E-state index in [2.05, 4.69) is 29.6 Å². The maximum Gasteiger partial charge on any atom is 0.317 e. The number of aliphatic hydroxyl groups is 1. The van der Waals surface area contributed by atoms with Gasteiger partial charge in [-0.15, -0.1) is 0 Å².